The standard InChI is InChI=1S/C20H21NO4S/c1-14-8-10-17(11-9-14)26(24,25)18-12-15(2)19(22)21(20(18)23)13-16-6-4-3-5-7-16/h3-11,15,18H,12-13H2,1-2H3. The summed E-state index contributed by atoms with van der Waals surface area (Å²) in [6, 6.07) is 15.5. The molecule has 0 saturated carbocycles. The Hall–Kier alpha value is -2.47. The van der Waals surface area contributed by atoms with Gasteiger partial charge in [0.25, 0.3) is 0 Å². The monoisotopic (exact) mass is 371 g/mol. The Kier molecular flexibility index (Phi) is 4.96. The van der Waals surface area contributed by atoms with Crippen LogP contribution in [0.4, 0.5) is 0 Å². The van der Waals surface area contributed by atoms with Crippen molar-refractivity contribution in [1.29, 1.82) is 0 Å². The van der Waals surface area contributed by atoms with Gasteiger partial charge in [-0.3, -0.25) is 14.5 Å². The van der Waals surface area contributed by atoms with Gasteiger partial charge in [0, 0.05) is 5.92 Å². The van der Waals surface area contributed by atoms with Crippen LogP contribution in [0.3, 0.4) is 0 Å². The Bertz CT molecular complexity index is 920. The van der Waals surface area contributed by atoms with E-state index in [0.29, 0.717) is 0 Å². The third-order valence-corrected chi connectivity index (χ3v) is 6.78. The predicted molar refractivity (Wildman–Crippen MR) is 97.9 cm³/mol. The van der Waals surface area contributed by atoms with Crippen LogP contribution >= 0.6 is 0 Å². The molecule has 1 aliphatic rings. The summed E-state index contributed by atoms with van der Waals surface area (Å²) in [5.41, 5.74) is 1.72. The lowest BCUT2D eigenvalue weighted by molar-refractivity contribution is -0.151. The highest BCUT2D eigenvalue weighted by molar-refractivity contribution is 7.92. The number of carbonyl (C=O) groups is 2. The van der Waals surface area contributed by atoms with Gasteiger partial charge in [-0.1, -0.05) is 55.0 Å². The second-order valence-electron chi connectivity index (χ2n) is 6.73. The molecule has 0 radical (unpaired) electrons. The second-order valence-corrected chi connectivity index (χ2v) is 8.86. The summed E-state index contributed by atoms with van der Waals surface area (Å²) in [5.74, 6) is -1.49. The maximum absolute atomic E-state index is 13.0. The highest BCUT2D eigenvalue weighted by Crippen LogP contribution is 2.29. The molecule has 5 nitrogen and oxygen atoms in total. The van der Waals surface area contributed by atoms with Gasteiger partial charge in [0.05, 0.1) is 11.4 Å². The summed E-state index contributed by atoms with van der Waals surface area (Å²) in [4.78, 5) is 26.6. The Morgan fingerprint density at radius 3 is 2.19 bits per heavy atom. The minimum Gasteiger partial charge on any atom is -0.277 e. The molecule has 1 saturated heterocycles. The number of aryl methyl sites for hydroxylation is 1. The summed E-state index contributed by atoms with van der Waals surface area (Å²) in [6.07, 6.45) is 0.0131. The molecule has 6 heteroatoms. The van der Waals surface area contributed by atoms with Crippen molar-refractivity contribution in [2.45, 2.75) is 37.0 Å². The number of piperidine rings is 1. The fourth-order valence-corrected chi connectivity index (χ4v) is 4.92. The van der Waals surface area contributed by atoms with Crippen molar-refractivity contribution in [2.75, 3.05) is 0 Å². The smallest absolute Gasteiger partial charge is 0.248 e. The van der Waals surface area contributed by atoms with E-state index in [9.17, 15) is 18.0 Å². The topological polar surface area (TPSA) is 71.5 Å². The van der Waals surface area contributed by atoms with Gasteiger partial charge in [-0.15, -0.1) is 0 Å². The molecule has 26 heavy (non-hydrogen) atoms. The van der Waals surface area contributed by atoms with Crippen LogP contribution in [0.25, 0.3) is 0 Å². The van der Waals surface area contributed by atoms with Crippen molar-refractivity contribution in [3.8, 4) is 0 Å². The van der Waals surface area contributed by atoms with Gasteiger partial charge in [-0.05, 0) is 31.0 Å². The van der Waals surface area contributed by atoms with Crippen LogP contribution in [0.15, 0.2) is 59.5 Å². The zero-order valence-electron chi connectivity index (χ0n) is 14.8. The number of hydrogen-bond donors (Lipinski definition) is 0. The third kappa shape index (κ3) is 3.42. The molecular weight excluding hydrogens is 350 g/mol. The van der Waals surface area contributed by atoms with Crippen molar-refractivity contribution >= 4 is 21.7 Å². The van der Waals surface area contributed by atoms with E-state index in [0.717, 1.165) is 16.0 Å². The lowest BCUT2D eigenvalue weighted by atomic mass is 9.97. The van der Waals surface area contributed by atoms with Crippen LogP contribution in [0, 0.1) is 12.8 Å². The van der Waals surface area contributed by atoms with Gasteiger partial charge in [0.2, 0.25) is 11.8 Å². The molecule has 0 aromatic heterocycles. The van der Waals surface area contributed by atoms with Gasteiger partial charge in [0.1, 0.15) is 5.25 Å². The fraction of sp³-hybridized carbons (Fsp3) is 0.300. The first-order valence-corrected chi connectivity index (χ1v) is 10.0. The summed E-state index contributed by atoms with van der Waals surface area (Å²) in [7, 11) is -3.85. The van der Waals surface area contributed by atoms with Crippen LogP contribution in [-0.2, 0) is 26.0 Å². The number of amides is 2. The number of nitrogens with zero attached hydrogens (tertiary/aromatic N) is 1. The highest BCUT2D eigenvalue weighted by Gasteiger charge is 2.45. The number of sulfone groups is 1. The molecule has 1 heterocycles. The van der Waals surface area contributed by atoms with Gasteiger partial charge in [-0.25, -0.2) is 8.42 Å². The Morgan fingerprint density at radius 2 is 1.58 bits per heavy atom. The van der Waals surface area contributed by atoms with Crippen LogP contribution in [0.5, 0.6) is 0 Å². The van der Waals surface area contributed by atoms with Crippen molar-refractivity contribution < 1.29 is 18.0 Å². The van der Waals surface area contributed by atoms with Crippen LogP contribution in [0.2, 0.25) is 0 Å². The van der Waals surface area contributed by atoms with E-state index in [2.05, 4.69) is 0 Å². The number of carbonyl (C=O) groups excluding carboxylic acids is 2. The molecule has 0 bridgehead atoms. The van der Waals surface area contributed by atoms with E-state index in [1.165, 1.54) is 12.1 Å². The first-order chi connectivity index (χ1) is 12.3. The van der Waals surface area contributed by atoms with Crippen molar-refractivity contribution in [1.82, 2.24) is 4.90 Å². The lowest BCUT2D eigenvalue weighted by Gasteiger charge is -2.34. The van der Waals surface area contributed by atoms with E-state index in [1.807, 2.05) is 37.3 Å². The largest absolute Gasteiger partial charge is 0.277 e. The van der Waals surface area contributed by atoms with E-state index < -0.39 is 26.9 Å². The van der Waals surface area contributed by atoms with Crippen LogP contribution in [0.1, 0.15) is 24.5 Å². The molecule has 0 aliphatic carbocycles. The second kappa shape index (κ2) is 7.03. The number of hydrogen-bond acceptors (Lipinski definition) is 4. The molecule has 1 fully saturated rings. The predicted octanol–water partition coefficient (Wildman–Crippen LogP) is 2.73. The maximum Gasteiger partial charge on any atom is 0.248 e. The van der Waals surface area contributed by atoms with Crippen LogP contribution in [-0.4, -0.2) is 30.4 Å². The SMILES string of the molecule is Cc1ccc(S(=O)(=O)C2CC(C)C(=O)N(Cc3ccccc3)C2=O)cc1. The number of likely N-dealkylation sites (tertiary alicyclic amines) is 1. The van der Waals surface area contributed by atoms with Crippen LogP contribution < -0.4 is 0 Å². The first-order valence-electron chi connectivity index (χ1n) is 8.50. The zero-order valence-corrected chi connectivity index (χ0v) is 15.6. The summed E-state index contributed by atoms with van der Waals surface area (Å²) in [5, 5.41) is -1.23. The third-order valence-electron chi connectivity index (χ3n) is 4.70. The average Bonchev–Trinajstić information content (AvgIpc) is 2.63. The Morgan fingerprint density at radius 1 is 0.962 bits per heavy atom. The number of rotatable bonds is 4. The maximum atomic E-state index is 13.0. The van der Waals surface area contributed by atoms with E-state index in [-0.39, 0.29) is 23.8 Å². The quantitative estimate of drug-likeness (QED) is 0.775. The molecule has 1 aliphatic heterocycles. The lowest BCUT2D eigenvalue weighted by Crippen LogP contribution is -2.53. The fourth-order valence-electron chi connectivity index (χ4n) is 3.14. The molecule has 2 atom stereocenters. The number of benzene rings is 2. The molecule has 0 N–H and O–H groups in total. The van der Waals surface area contributed by atoms with Crippen molar-refractivity contribution in [2.24, 2.45) is 5.92 Å². The molecule has 3 rings (SSSR count). The molecule has 2 amide bonds. The normalized spacial score (nSPS) is 21.1. The Balaban J connectivity index is 1.94. The average molecular weight is 371 g/mol. The van der Waals surface area contributed by atoms with E-state index in [4.69, 9.17) is 0 Å². The van der Waals surface area contributed by atoms with Gasteiger partial charge in [-0.2, -0.15) is 0 Å². The summed E-state index contributed by atoms with van der Waals surface area (Å²) >= 11 is 0. The molecule has 2 aromatic rings. The van der Waals surface area contributed by atoms with Crippen molar-refractivity contribution in [3.05, 3.63) is 65.7 Å². The molecule has 136 valence electrons. The highest BCUT2D eigenvalue weighted by atomic mass is 32.2. The Labute approximate surface area is 153 Å². The van der Waals surface area contributed by atoms with Gasteiger partial charge >= 0.3 is 0 Å². The van der Waals surface area contributed by atoms with Gasteiger partial charge in [0.15, 0.2) is 9.84 Å². The summed E-state index contributed by atoms with van der Waals surface area (Å²) < 4.78 is 26.0. The number of imide groups is 1. The molecule has 2 aromatic carbocycles. The summed E-state index contributed by atoms with van der Waals surface area (Å²) in [6.45, 7) is 3.62. The molecular formula is C20H21NO4S. The van der Waals surface area contributed by atoms with E-state index >= 15 is 0 Å². The minimum atomic E-state index is -3.85. The molecule has 0 spiro atoms. The zero-order chi connectivity index (χ0) is 18.9. The minimum absolute atomic E-state index is 0.0131. The van der Waals surface area contributed by atoms with E-state index in [1.54, 1.807) is 19.1 Å². The molecule has 2 unspecified atom stereocenters. The van der Waals surface area contributed by atoms with Crippen molar-refractivity contribution in [3.63, 3.8) is 0 Å². The first kappa shape index (κ1) is 18.3. The van der Waals surface area contributed by atoms with Gasteiger partial charge < -0.3 is 0 Å².